The van der Waals surface area contributed by atoms with E-state index in [0.717, 1.165) is 10.9 Å². The zero-order valence-corrected chi connectivity index (χ0v) is 17.1. The second kappa shape index (κ2) is 7.97. The zero-order chi connectivity index (χ0) is 20.5. The highest BCUT2D eigenvalue weighted by atomic mass is 35.5. The van der Waals surface area contributed by atoms with Crippen LogP contribution in [-0.4, -0.2) is 45.7 Å². The number of carbonyl (C=O) groups excluding carboxylic acids is 1. The minimum absolute atomic E-state index is 0.0684. The number of amides is 1. The number of hydrogen-bond donors (Lipinski definition) is 0. The van der Waals surface area contributed by atoms with Crippen molar-refractivity contribution in [2.75, 3.05) is 13.1 Å². The molecule has 29 heavy (non-hydrogen) atoms. The first-order chi connectivity index (χ1) is 13.9. The van der Waals surface area contributed by atoms with Crippen LogP contribution >= 0.6 is 11.6 Å². The van der Waals surface area contributed by atoms with Crippen LogP contribution in [0.2, 0.25) is 5.02 Å². The van der Waals surface area contributed by atoms with Gasteiger partial charge in [0, 0.05) is 29.7 Å². The number of rotatable bonds is 3. The number of ether oxygens (including phenoxy) is 1. The molecule has 6 nitrogen and oxygen atoms in total. The molecule has 1 aliphatic rings. The summed E-state index contributed by atoms with van der Waals surface area (Å²) in [7, 11) is 0. The van der Waals surface area contributed by atoms with E-state index in [1.54, 1.807) is 39.9 Å². The van der Waals surface area contributed by atoms with Crippen molar-refractivity contribution in [3.05, 3.63) is 75.2 Å². The van der Waals surface area contributed by atoms with Crippen molar-refractivity contribution in [1.82, 2.24) is 14.5 Å². The molecule has 2 atom stereocenters. The standard InChI is InChI=1S/C22H22ClN3O3/c1-14-11-25(12-15(2)29-14)21(27)19-10-17-4-3-9-24-20(17)26(22(19)28)13-16-5-7-18(23)8-6-16/h3-10,14-15H,11-13H2,1-2H3. The third-order valence-electron chi connectivity index (χ3n) is 5.04. The third-order valence-corrected chi connectivity index (χ3v) is 5.29. The molecular weight excluding hydrogens is 390 g/mol. The summed E-state index contributed by atoms with van der Waals surface area (Å²) in [6.07, 6.45) is 1.51. The Morgan fingerprint density at radius 2 is 1.86 bits per heavy atom. The minimum atomic E-state index is -0.344. The molecule has 1 saturated heterocycles. The Labute approximate surface area is 173 Å². The van der Waals surface area contributed by atoms with Gasteiger partial charge in [-0.1, -0.05) is 23.7 Å². The number of nitrogens with zero attached hydrogens (tertiary/aromatic N) is 3. The molecule has 0 aliphatic carbocycles. The van der Waals surface area contributed by atoms with Gasteiger partial charge in [-0.3, -0.25) is 14.2 Å². The van der Waals surface area contributed by atoms with Gasteiger partial charge < -0.3 is 9.64 Å². The van der Waals surface area contributed by atoms with Crippen molar-refractivity contribution in [2.45, 2.75) is 32.6 Å². The predicted octanol–water partition coefficient (Wildman–Crippen LogP) is 3.35. The number of benzene rings is 1. The second-order valence-electron chi connectivity index (χ2n) is 7.46. The van der Waals surface area contributed by atoms with Gasteiger partial charge in [0.25, 0.3) is 11.5 Å². The summed E-state index contributed by atoms with van der Waals surface area (Å²) in [6.45, 7) is 5.09. The fourth-order valence-electron chi connectivity index (χ4n) is 3.79. The average Bonchev–Trinajstić information content (AvgIpc) is 2.70. The van der Waals surface area contributed by atoms with E-state index in [1.165, 1.54) is 0 Å². The quantitative estimate of drug-likeness (QED) is 0.663. The molecule has 3 heterocycles. The molecule has 0 radical (unpaired) electrons. The molecule has 0 spiro atoms. The first-order valence-electron chi connectivity index (χ1n) is 9.60. The first kappa shape index (κ1) is 19.6. The Morgan fingerprint density at radius 1 is 1.17 bits per heavy atom. The van der Waals surface area contributed by atoms with Crippen molar-refractivity contribution in [3.63, 3.8) is 0 Å². The number of fused-ring (bicyclic) bond motifs is 1. The van der Waals surface area contributed by atoms with Gasteiger partial charge in [-0.05, 0) is 49.7 Å². The molecular formula is C22H22ClN3O3. The van der Waals surface area contributed by atoms with Crippen LogP contribution < -0.4 is 5.56 Å². The van der Waals surface area contributed by atoms with Gasteiger partial charge in [0.2, 0.25) is 0 Å². The molecule has 0 N–H and O–H groups in total. The maximum absolute atomic E-state index is 13.3. The Morgan fingerprint density at radius 3 is 2.55 bits per heavy atom. The highest BCUT2D eigenvalue weighted by Crippen LogP contribution is 2.18. The second-order valence-corrected chi connectivity index (χ2v) is 7.90. The Balaban J connectivity index is 1.79. The maximum atomic E-state index is 13.3. The van der Waals surface area contributed by atoms with Gasteiger partial charge in [-0.15, -0.1) is 0 Å². The maximum Gasteiger partial charge on any atom is 0.265 e. The van der Waals surface area contributed by atoms with E-state index in [-0.39, 0.29) is 29.2 Å². The van der Waals surface area contributed by atoms with Crippen molar-refractivity contribution < 1.29 is 9.53 Å². The average molecular weight is 412 g/mol. The Bertz CT molecular complexity index is 1100. The lowest BCUT2D eigenvalue weighted by atomic mass is 10.1. The molecule has 2 aromatic heterocycles. The Hall–Kier alpha value is -2.70. The van der Waals surface area contributed by atoms with E-state index in [9.17, 15) is 9.59 Å². The van der Waals surface area contributed by atoms with Gasteiger partial charge in [0.1, 0.15) is 11.2 Å². The number of pyridine rings is 2. The smallest absolute Gasteiger partial charge is 0.265 e. The fraction of sp³-hybridized carbons (Fsp3) is 0.318. The van der Waals surface area contributed by atoms with E-state index in [1.807, 2.05) is 32.0 Å². The number of halogens is 1. The lowest BCUT2D eigenvalue weighted by Gasteiger charge is -2.35. The van der Waals surface area contributed by atoms with Crippen LogP contribution in [-0.2, 0) is 11.3 Å². The summed E-state index contributed by atoms with van der Waals surface area (Å²) in [6, 6.07) is 12.6. The minimum Gasteiger partial charge on any atom is -0.372 e. The molecule has 3 aromatic rings. The van der Waals surface area contributed by atoms with Crippen LogP contribution in [0, 0.1) is 0 Å². The molecule has 0 saturated carbocycles. The van der Waals surface area contributed by atoms with E-state index in [4.69, 9.17) is 16.3 Å². The van der Waals surface area contributed by atoms with E-state index in [0.29, 0.717) is 30.3 Å². The number of hydrogen-bond acceptors (Lipinski definition) is 4. The fourth-order valence-corrected chi connectivity index (χ4v) is 3.92. The summed E-state index contributed by atoms with van der Waals surface area (Å²) in [4.78, 5) is 32.6. The summed E-state index contributed by atoms with van der Waals surface area (Å²) in [5, 5.41) is 1.38. The highest BCUT2D eigenvalue weighted by Gasteiger charge is 2.29. The first-order valence-corrected chi connectivity index (χ1v) is 9.98. The molecule has 1 amide bonds. The molecule has 4 rings (SSSR count). The number of morpholine rings is 1. The van der Waals surface area contributed by atoms with Crippen LogP contribution in [0.1, 0.15) is 29.8 Å². The molecule has 2 unspecified atom stereocenters. The Kier molecular flexibility index (Phi) is 5.39. The van der Waals surface area contributed by atoms with Gasteiger partial charge in [-0.25, -0.2) is 4.98 Å². The predicted molar refractivity (Wildman–Crippen MR) is 112 cm³/mol. The SMILES string of the molecule is CC1CN(C(=O)c2cc3cccnc3n(Cc3ccc(Cl)cc3)c2=O)CC(C)O1. The normalized spacial score (nSPS) is 19.5. The number of aromatic nitrogens is 2. The molecule has 1 aromatic carbocycles. The summed E-state index contributed by atoms with van der Waals surface area (Å²) in [5.41, 5.74) is 1.26. The van der Waals surface area contributed by atoms with Crippen LogP contribution in [0.3, 0.4) is 0 Å². The third kappa shape index (κ3) is 4.04. The molecule has 7 heteroatoms. The van der Waals surface area contributed by atoms with Gasteiger partial charge in [0.05, 0.1) is 18.8 Å². The van der Waals surface area contributed by atoms with E-state index in [2.05, 4.69) is 4.98 Å². The largest absolute Gasteiger partial charge is 0.372 e. The number of carbonyl (C=O) groups is 1. The molecule has 150 valence electrons. The van der Waals surface area contributed by atoms with Gasteiger partial charge in [-0.2, -0.15) is 0 Å². The van der Waals surface area contributed by atoms with Gasteiger partial charge in [0.15, 0.2) is 0 Å². The topological polar surface area (TPSA) is 64.4 Å². The van der Waals surface area contributed by atoms with Gasteiger partial charge >= 0.3 is 0 Å². The summed E-state index contributed by atoms with van der Waals surface area (Å²) < 4.78 is 7.27. The monoisotopic (exact) mass is 411 g/mol. The van der Waals surface area contributed by atoms with Crippen LogP contribution in [0.5, 0.6) is 0 Å². The van der Waals surface area contributed by atoms with Crippen LogP contribution in [0.25, 0.3) is 11.0 Å². The summed E-state index contributed by atoms with van der Waals surface area (Å²) in [5.74, 6) is -0.271. The van der Waals surface area contributed by atoms with E-state index < -0.39 is 0 Å². The van der Waals surface area contributed by atoms with Crippen molar-refractivity contribution in [1.29, 1.82) is 0 Å². The van der Waals surface area contributed by atoms with Crippen molar-refractivity contribution in [2.24, 2.45) is 0 Å². The lowest BCUT2D eigenvalue weighted by Crippen LogP contribution is -2.49. The van der Waals surface area contributed by atoms with Crippen molar-refractivity contribution >= 4 is 28.5 Å². The molecule has 0 bridgehead atoms. The lowest BCUT2D eigenvalue weighted by molar-refractivity contribution is -0.0586. The zero-order valence-electron chi connectivity index (χ0n) is 16.3. The van der Waals surface area contributed by atoms with E-state index >= 15 is 0 Å². The van der Waals surface area contributed by atoms with Crippen LogP contribution in [0.15, 0.2) is 53.5 Å². The van der Waals surface area contributed by atoms with Crippen molar-refractivity contribution in [3.8, 4) is 0 Å². The molecule has 1 fully saturated rings. The molecule has 1 aliphatic heterocycles. The van der Waals surface area contributed by atoms with Crippen LogP contribution in [0.4, 0.5) is 0 Å². The summed E-state index contributed by atoms with van der Waals surface area (Å²) >= 11 is 5.98. The highest BCUT2D eigenvalue weighted by molar-refractivity contribution is 6.30.